The number of benzene rings is 1. The van der Waals surface area contributed by atoms with E-state index >= 15 is 0 Å². The van der Waals surface area contributed by atoms with Gasteiger partial charge >= 0.3 is 6.18 Å². The highest BCUT2D eigenvalue weighted by Crippen LogP contribution is 2.25. The number of rotatable bonds is 5. The second-order valence-corrected chi connectivity index (χ2v) is 7.37. The monoisotopic (exact) mass is 572 g/mol. The summed E-state index contributed by atoms with van der Waals surface area (Å²) in [5, 5.41) is 7.75. The Morgan fingerprint density at radius 3 is 2.45 bits per heavy atom. The molecule has 1 saturated heterocycles. The zero-order chi connectivity index (χ0) is 21.7. The summed E-state index contributed by atoms with van der Waals surface area (Å²) in [4.78, 5) is 12.2. The number of nitrogens with one attached hydrogen (secondary N) is 1. The second-order valence-electron chi connectivity index (χ2n) is 6.93. The van der Waals surface area contributed by atoms with Crippen LogP contribution in [0, 0.1) is 0 Å². The maximum absolute atomic E-state index is 12.9. The van der Waals surface area contributed by atoms with Gasteiger partial charge in [0.15, 0.2) is 5.96 Å². The summed E-state index contributed by atoms with van der Waals surface area (Å²) in [6.45, 7) is 5.46. The zero-order valence-electron chi connectivity index (χ0n) is 17.2. The van der Waals surface area contributed by atoms with Crippen LogP contribution < -0.4 is 5.32 Å². The van der Waals surface area contributed by atoms with Crippen LogP contribution in [0.3, 0.4) is 0 Å². The number of guanidine groups is 1. The second kappa shape index (κ2) is 11.3. The van der Waals surface area contributed by atoms with E-state index in [1.54, 1.807) is 24.3 Å². The lowest BCUT2D eigenvalue weighted by Crippen LogP contribution is -2.56. The Hall–Kier alpha value is -1.60. The van der Waals surface area contributed by atoms with E-state index in [4.69, 9.17) is 16.1 Å². The number of hydrogen-bond acceptors (Lipinski definition) is 5. The van der Waals surface area contributed by atoms with Gasteiger partial charge in [-0.05, 0) is 38.1 Å². The molecule has 1 unspecified atom stereocenters. The Balaban J connectivity index is 0.00000341. The highest BCUT2D eigenvalue weighted by atomic mass is 127. The number of alkyl halides is 3. The molecule has 172 valence electrons. The van der Waals surface area contributed by atoms with Crippen LogP contribution in [0.5, 0.6) is 0 Å². The fourth-order valence-electron chi connectivity index (χ4n) is 3.13. The van der Waals surface area contributed by atoms with Crippen LogP contribution in [0.15, 0.2) is 33.8 Å². The first-order valence-corrected chi connectivity index (χ1v) is 10.1. The largest absolute Gasteiger partial charge is 0.403 e. The summed E-state index contributed by atoms with van der Waals surface area (Å²) in [7, 11) is 0. The molecule has 7 nitrogen and oxygen atoms in total. The van der Waals surface area contributed by atoms with Gasteiger partial charge in [0.05, 0.1) is 0 Å². The minimum Gasteiger partial charge on any atom is -0.357 e. The van der Waals surface area contributed by atoms with Gasteiger partial charge in [-0.15, -0.1) is 24.0 Å². The molecule has 2 heterocycles. The van der Waals surface area contributed by atoms with Gasteiger partial charge in [0, 0.05) is 43.3 Å². The molecule has 1 aliphatic rings. The van der Waals surface area contributed by atoms with Gasteiger partial charge in [0.25, 0.3) is 0 Å². The van der Waals surface area contributed by atoms with Gasteiger partial charge in [0.1, 0.15) is 12.6 Å². The molecule has 12 heteroatoms. The van der Waals surface area contributed by atoms with E-state index in [1.165, 1.54) is 11.8 Å². The van der Waals surface area contributed by atoms with Gasteiger partial charge in [-0.25, -0.2) is 4.99 Å². The van der Waals surface area contributed by atoms with Gasteiger partial charge in [-0.3, -0.25) is 4.90 Å². The summed E-state index contributed by atoms with van der Waals surface area (Å²) >= 11 is 5.89. The maximum atomic E-state index is 12.9. The summed E-state index contributed by atoms with van der Waals surface area (Å²) < 4.78 is 44.1. The van der Waals surface area contributed by atoms with E-state index in [-0.39, 0.29) is 30.5 Å². The van der Waals surface area contributed by atoms with Crippen molar-refractivity contribution in [2.75, 3.05) is 32.7 Å². The van der Waals surface area contributed by atoms with Crippen LogP contribution in [0.25, 0.3) is 11.4 Å². The Bertz CT molecular complexity index is 853. The minimum atomic E-state index is -4.22. The number of aliphatic imine (C=N–C) groups is 1. The lowest BCUT2D eigenvalue weighted by Gasteiger charge is -2.39. The summed E-state index contributed by atoms with van der Waals surface area (Å²) in [5.74, 6) is 1.40. The summed E-state index contributed by atoms with van der Waals surface area (Å²) in [6, 6.07) is 5.63. The van der Waals surface area contributed by atoms with E-state index in [1.807, 2.05) is 11.8 Å². The highest BCUT2D eigenvalue weighted by molar-refractivity contribution is 14.0. The molecule has 31 heavy (non-hydrogen) atoms. The fourth-order valence-corrected chi connectivity index (χ4v) is 3.26. The van der Waals surface area contributed by atoms with Crippen molar-refractivity contribution >= 4 is 41.5 Å². The highest BCUT2D eigenvalue weighted by Gasteiger charge is 2.41. The van der Waals surface area contributed by atoms with Crippen molar-refractivity contribution < 1.29 is 17.7 Å². The normalized spacial score (nSPS) is 16.7. The molecule has 1 fully saturated rings. The van der Waals surface area contributed by atoms with Crippen molar-refractivity contribution in [3.8, 4) is 11.4 Å². The number of piperazine rings is 1. The molecule has 1 aromatic carbocycles. The third-order valence-corrected chi connectivity index (χ3v) is 5.16. The van der Waals surface area contributed by atoms with Gasteiger partial charge in [-0.2, -0.15) is 18.2 Å². The Labute approximate surface area is 201 Å². The summed E-state index contributed by atoms with van der Waals surface area (Å²) in [6.07, 6.45) is -4.22. The van der Waals surface area contributed by atoms with Crippen LogP contribution in [0.2, 0.25) is 5.02 Å². The molecule has 0 saturated carbocycles. The fraction of sp³-hybridized carbons (Fsp3) is 0.526. The molecule has 1 N–H and O–H groups in total. The average molecular weight is 573 g/mol. The van der Waals surface area contributed by atoms with Crippen molar-refractivity contribution in [2.45, 2.75) is 32.6 Å². The topological polar surface area (TPSA) is 69.8 Å². The molecule has 3 rings (SSSR count). The predicted octanol–water partition coefficient (Wildman–Crippen LogP) is 4.04. The van der Waals surface area contributed by atoms with E-state index in [9.17, 15) is 13.2 Å². The Kier molecular flexibility index (Phi) is 9.37. The molecule has 0 bridgehead atoms. The van der Waals surface area contributed by atoms with E-state index < -0.39 is 12.2 Å². The van der Waals surface area contributed by atoms with Crippen molar-refractivity contribution in [3.63, 3.8) is 0 Å². The number of nitrogens with zero attached hydrogens (tertiary/aromatic N) is 5. The quantitative estimate of drug-likeness (QED) is 0.331. The molecular formula is C19H25ClF3IN6O. The van der Waals surface area contributed by atoms with Crippen molar-refractivity contribution in [1.29, 1.82) is 0 Å². The molecule has 2 aromatic rings. The molecule has 0 amide bonds. The van der Waals surface area contributed by atoms with E-state index in [2.05, 4.69) is 20.4 Å². The van der Waals surface area contributed by atoms with E-state index in [0.717, 1.165) is 5.56 Å². The third-order valence-electron chi connectivity index (χ3n) is 4.90. The van der Waals surface area contributed by atoms with Crippen LogP contribution in [0.1, 0.15) is 19.7 Å². The van der Waals surface area contributed by atoms with Gasteiger partial charge in [0.2, 0.25) is 11.7 Å². The lowest BCUT2D eigenvalue weighted by atomic mass is 10.2. The first-order chi connectivity index (χ1) is 14.3. The Morgan fingerprint density at radius 1 is 1.23 bits per heavy atom. The predicted molar refractivity (Wildman–Crippen MR) is 124 cm³/mol. The van der Waals surface area contributed by atoms with Crippen LogP contribution in [-0.2, 0) is 6.54 Å². The van der Waals surface area contributed by atoms with Crippen molar-refractivity contribution in [3.05, 3.63) is 35.2 Å². The van der Waals surface area contributed by atoms with Crippen LogP contribution in [-0.4, -0.2) is 70.8 Å². The van der Waals surface area contributed by atoms with Crippen LogP contribution >= 0.6 is 35.6 Å². The summed E-state index contributed by atoms with van der Waals surface area (Å²) in [5.41, 5.74) is 0.778. The average Bonchev–Trinajstić information content (AvgIpc) is 3.19. The molecule has 1 aliphatic heterocycles. The standard InChI is InChI=1S/C19H24ClF3N6O.HI/c1-3-24-18(29-10-8-28(9-11-29)13(2)19(21,22)23)25-12-16-26-17(27-30-16)14-4-6-15(20)7-5-14;/h4-7,13H,3,8-12H2,1-2H3,(H,24,25);1H. The lowest BCUT2D eigenvalue weighted by molar-refractivity contribution is -0.181. The first kappa shape index (κ1) is 25.7. The number of aromatic nitrogens is 2. The molecule has 0 aliphatic carbocycles. The molecule has 0 radical (unpaired) electrons. The molecule has 1 aromatic heterocycles. The SMILES string of the molecule is CCNC(=NCc1nc(-c2ccc(Cl)cc2)no1)N1CCN(C(C)C(F)(F)F)CC1.I. The van der Waals surface area contributed by atoms with Gasteiger partial charge < -0.3 is 14.7 Å². The van der Waals surface area contributed by atoms with Crippen LogP contribution in [0.4, 0.5) is 13.2 Å². The minimum absolute atomic E-state index is 0. The Morgan fingerprint density at radius 2 is 1.87 bits per heavy atom. The van der Waals surface area contributed by atoms with E-state index in [0.29, 0.717) is 55.4 Å². The van der Waals surface area contributed by atoms with Gasteiger partial charge in [-0.1, -0.05) is 16.8 Å². The molecule has 1 atom stereocenters. The zero-order valence-corrected chi connectivity index (χ0v) is 20.3. The number of hydrogen-bond donors (Lipinski definition) is 1. The third kappa shape index (κ3) is 6.94. The van der Waals surface area contributed by atoms with Crippen molar-refractivity contribution in [2.24, 2.45) is 4.99 Å². The molecular weight excluding hydrogens is 548 g/mol. The first-order valence-electron chi connectivity index (χ1n) is 9.70. The number of halogens is 5. The molecule has 0 spiro atoms. The smallest absolute Gasteiger partial charge is 0.357 e. The van der Waals surface area contributed by atoms with Crippen molar-refractivity contribution in [1.82, 2.24) is 25.3 Å². The maximum Gasteiger partial charge on any atom is 0.403 e.